The topological polar surface area (TPSA) is 58.6 Å². The molecule has 1 atom stereocenters. The van der Waals surface area contributed by atoms with E-state index in [1.54, 1.807) is 24.3 Å². The first-order valence-electron chi connectivity index (χ1n) is 11.2. The molecule has 1 N–H and O–H groups in total. The Balaban J connectivity index is 1.93. The third-order valence-corrected chi connectivity index (χ3v) is 6.14. The van der Waals surface area contributed by atoms with Gasteiger partial charge in [0.05, 0.1) is 5.02 Å². The van der Waals surface area contributed by atoms with Crippen LogP contribution in [0.1, 0.15) is 25.0 Å². The van der Waals surface area contributed by atoms with Gasteiger partial charge in [-0.1, -0.05) is 83.3 Å². The number of ether oxygens (including phenoxy) is 1. The van der Waals surface area contributed by atoms with E-state index in [1.807, 2.05) is 62.4 Å². The zero-order valence-electron chi connectivity index (χ0n) is 19.5. The Morgan fingerprint density at radius 1 is 0.914 bits per heavy atom. The van der Waals surface area contributed by atoms with E-state index in [2.05, 4.69) is 5.32 Å². The Morgan fingerprint density at radius 3 is 2.26 bits per heavy atom. The third-order valence-electron chi connectivity index (χ3n) is 5.25. The van der Waals surface area contributed by atoms with Crippen molar-refractivity contribution in [3.63, 3.8) is 0 Å². The number of carbonyl (C=O) groups is 2. The molecule has 0 spiro atoms. The third kappa shape index (κ3) is 7.89. The highest BCUT2D eigenvalue weighted by Crippen LogP contribution is 2.28. The van der Waals surface area contributed by atoms with E-state index in [0.29, 0.717) is 27.2 Å². The quantitative estimate of drug-likeness (QED) is 0.338. The Labute approximate surface area is 220 Å². The molecule has 184 valence electrons. The van der Waals surface area contributed by atoms with Gasteiger partial charge >= 0.3 is 0 Å². The highest BCUT2D eigenvalue weighted by Gasteiger charge is 2.31. The smallest absolute Gasteiger partial charge is 0.261 e. The van der Waals surface area contributed by atoms with Crippen molar-refractivity contribution in [2.45, 2.75) is 38.9 Å². The molecular formula is C27H27Cl3N2O3. The second-order valence-corrected chi connectivity index (χ2v) is 9.60. The lowest BCUT2D eigenvalue weighted by Gasteiger charge is -2.32. The average Bonchev–Trinajstić information content (AvgIpc) is 2.82. The molecule has 0 aromatic heterocycles. The number of rotatable bonds is 10. The van der Waals surface area contributed by atoms with E-state index in [0.717, 1.165) is 11.1 Å². The summed E-state index contributed by atoms with van der Waals surface area (Å²) in [5.74, 6) is -0.307. The Bertz CT molecular complexity index is 1160. The van der Waals surface area contributed by atoms with Crippen molar-refractivity contribution in [3.8, 4) is 5.75 Å². The van der Waals surface area contributed by atoms with Crippen LogP contribution in [0, 0.1) is 0 Å². The summed E-state index contributed by atoms with van der Waals surface area (Å²) in [6, 6.07) is 20.7. The number of hydrogen-bond acceptors (Lipinski definition) is 3. The minimum Gasteiger partial charge on any atom is -0.482 e. The second-order valence-electron chi connectivity index (χ2n) is 8.35. The van der Waals surface area contributed by atoms with Crippen molar-refractivity contribution in [2.75, 3.05) is 6.61 Å². The fourth-order valence-corrected chi connectivity index (χ4v) is 4.22. The van der Waals surface area contributed by atoms with Gasteiger partial charge in [0.25, 0.3) is 5.91 Å². The Kier molecular flexibility index (Phi) is 9.84. The van der Waals surface area contributed by atoms with Crippen LogP contribution >= 0.6 is 34.8 Å². The molecular weight excluding hydrogens is 507 g/mol. The predicted octanol–water partition coefficient (Wildman–Crippen LogP) is 6.19. The first kappa shape index (κ1) is 26.9. The van der Waals surface area contributed by atoms with Gasteiger partial charge in [0, 0.05) is 29.1 Å². The molecule has 35 heavy (non-hydrogen) atoms. The van der Waals surface area contributed by atoms with E-state index < -0.39 is 6.04 Å². The van der Waals surface area contributed by atoms with Gasteiger partial charge < -0.3 is 15.0 Å². The molecule has 0 bridgehead atoms. The summed E-state index contributed by atoms with van der Waals surface area (Å²) < 4.78 is 5.72. The van der Waals surface area contributed by atoms with Gasteiger partial charge in [-0.15, -0.1) is 0 Å². The van der Waals surface area contributed by atoms with Gasteiger partial charge in [-0.25, -0.2) is 0 Å². The zero-order valence-corrected chi connectivity index (χ0v) is 21.8. The van der Waals surface area contributed by atoms with Crippen LogP contribution in [0.4, 0.5) is 0 Å². The molecule has 0 radical (unpaired) electrons. The fourth-order valence-electron chi connectivity index (χ4n) is 3.56. The van der Waals surface area contributed by atoms with Gasteiger partial charge in [0.1, 0.15) is 11.8 Å². The van der Waals surface area contributed by atoms with Crippen LogP contribution in [-0.4, -0.2) is 35.4 Å². The molecule has 0 fully saturated rings. The molecule has 3 aromatic carbocycles. The molecule has 0 saturated heterocycles. The molecule has 0 saturated carbocycles. The maximum absolute atomic E-state index is 13.5. The van der Waals surface area contributed by atoms with Crippen LogP contribution in [0.2, 0.25) is 15.1 Å². The van der Waals surface area contributed by atoms with Crippen LogP contribution in [0.25, 0.3) is 0 Å². The summed E-state index contributed by atoms with van der Waals surface area (Å²) in [6.45, 7) is 3.58. The standard InChI is InChI=1S/C27H27Cl3N2O3/c1-18(2)31-27(34)24(14-19-8-4-3-5-9-19)32(16-20-10-6-7-11-22(20)29)26(33)17-35-25-13-12-21(28)15-23(25)30/h3-13,15,18,24H,14,16-17H2,1-2H3,(H,31,34)/t24-/m1/s1. The molecule has 3 aromatic rings. The van der Waals surface area contributed by atoms with Gasteiger partial charge in [0.15, 0.2) is 6.61 Å². The summed E-state index contributed by atoms with van der Waals surface area (Å²) in [5, 5.41) is 4.21. The van der Waals surface area contributed by atoms with Gasteiger partial charge in [-0.3, -0.25) is 9.59 Å². The molecule has 2 amide bonds. The molecule has 0 aliphatic carbocycles. The van der Waals surface area contributed by atoms with Crippen LogP contribution in [0.5, 0.6) is 5.75 Å². The number of hydrogen-bond donors (Lipinski definition) is 1. The highest BCUT2D eigenvalue weighted by atomic mass is 35.5. The molecule has 0 unspecified atom stereocenters. The van der Waals surface area contributed by atoms with Crippen LogP contribution < -0.4 is 10.1 Å². The first-order chi connectivity index (χ1) is 16.7. The number of carbonyl (C=O) groups excluding carboxylic acids is 2. The first-order valence-corrected chi connectivity index (χ1v) is 12.3. The van der Waals surface area contributed by atoms with Crippen molar-refractivity contribution in [1.82, 2.24) is 10.2 Å². The summed E-state index contributed by atoms with van der Waals surface area (Å²) in [5.41, 5.74) is 1.65. The summed E-state index contributed by atoms with van der Waals surface area (Å²) in [6.07, 6.45) is 0.331. The van der Waals surface area contributed by atoms with Crippen molar-refractivity contribution < 1.29 is 14.3 Å². The number of benzene rings is 3. The van der Waals surface area contributed by atoms with Gasteiger partial charge in [-0.2, -0.15) is 0 Å². The lowest BCUT2D eigenvalue weighted by Crippen LogP contribution is -2.52. The SMILES string of the molecule is CC(C)NC(=O)[C@@H](Cc1ccccc1)N(Cc1ccccc1Cl)C(=O)COc1ccc(Cl)cc1Cl. The maximum Gasteiger partial charge on any atom is 0.261 e. The maximum atomic E-state index is 13.5. The predicted molar refractivity (Wildman–Crippen MR) is 141 cm³/mol. The van der Waals surface area contributed by atoms with E-state index in [1.165, 1.54) is 4.90 Å². The Hall–Kier alpha value is -2.73. The molecule has 0 heterocycles. The number of nitrogens with zero attached hydrogens (tertiary/aromatic N) is 1. The number of nitrogens with one attached hydrogen (secondary N) is 1. The van der Waals surface area contributed by atoms with Crippen molar-refractivity contribution >= 4 is 46.6 Å². The van der Waals surface area contributed by atoms with E-state index in [9.17, 15) is 9.59 Å². The summed E-state index contributed by atoms with van der Waals surface area (Å²) in [7, 11) is 0. The second kappa shape index (κ2) is 12.8. The van der Waals surface area contributed by atoms with Gasteiger partial charge in [0.2, 0.25) is 5.91 Å². The molecule has 8 heteroatoms. The Morgan fingerprint density at radius 2 is 1.60 bits per heavy atom. The van der Waals surface area contributed by atoms with Crippen LogP contribution in [-0.2, 0) is 22.6 Å². The van der Waals surface area contributed by atoms with Crippen LogP contribution in [0.3, 0.4) is 0 Å². The lowest BCUT2D eigenvalue weighted by molar-refractivity contribution is -0.143. The van der Waals surface area contributed by atoms with Crippen LogP contribution in [0.15, 0.2) is 72.8 Å². The fraction of sp³-hybridized carbons (Fsp3) is 0.259. The highest BCUT2D eigenvalue weighted by molar-refractivity contribution is 6.35. The van der Waals surface area contributed by atoms with E-state index in [-0.39, 0.29) is 31.0 Å². The largest absolute Gasteiger partial charge is 0.482 e. The average molecular weight is 534 g/mol. The van der Waals surface area contributed by atoms with Gasteiger partial charge in [-0.05, 0) is 49.2 Å². The summed E-state index contributed by atoms with van der Waals surface area (Å²) in [4.78, 5) is 28.4. The molecule has 0 aliphatic rings. The number of halogens is 3. The monoisotopic (exact) mass is 532 g/mol. The van der Waals surface area contributed by atoms with E-state index in [4.69, 9.17) is 39.5 Å². The van der Waals surface area contributed by atoms with Crippen molar-refractivity contribution in [3.05, 3.63) is 99.0 Å². The molecule has 0 aliphatic heterocycles. The molecule has 5 nitrogen and oxygen atoms in total. The van der Waals surface area contributed by atoms with E-state index >= 15 is 0 Å². The normalized spacial score (nSPS) is 11.7. The zero-order chi connectivity index (χ0) is 25.4. The number of amides is 2. The lowest BCUT2D eigenvalue weighted by atomic mass is 10.0. The minimum atomic E-state index is -0.784. The minimum absolute atomic E-state index is 0.0952. The van der Waals surface area contributed by atoms with Crippen molar-refractivity contribution in [2.24, 2.45) is 0 Å². The van der Waals surface area contributed by atoms with Crippen molar-refractivity contribution in [1.29, 1.82) is 0 Å². The summed E-state index contributed by atoms with van der Waals surface area (Å²) >= 11 is 18.6. The molecule has 3 rings (SSSR count).